The van der Waals surface area contributed by atoms with Crippen molar-refractivity contribution in [3.63, 3.8) is 0 Å². The molecule has 7 heteroatoms. The van der Waals surface area contributed by atoms with Crippen LogP contribution < -0.4 is 19.5 Å². The number of halogens is 1. The number of aromatic nitrogens is 1. The van der Waals surface area contributed by atoms with Crippen molar-refractivity contribution in [3.05, 3.63) is 84.4 Å². The number of amides is 2. The highest BCUT2D eigenvalue weighted by Gasteiger charge is 2.43. The average Bonchev–Trinajstić information content (AvgIpc) is 2.74. The van der Waals surface area contributed by atoms with Gasteiger partial charge in [0.2, 0.25) is 18.3 Å². The van der Waals surface area contributed by atoms with Crippen LogP contribution in [0.1, 0.15) is 11.7 Å². The van der Waals surface area contributed by atoms with Gasteiger partial charge < -0.3 is 10.1 Å². The topological polar surface area (TPSA) is 62.5 Å². The smallest absolute Gasteiger partial charge is 0.294 e. The normalized spacial score (nSPS) is 15.6. The van der Waals surface area contributed by atoms with Gasteiger partial charge in [-0.05, 0) is 48.5 Å². The first-order valence-corrected chi connectivity index (χ1v) is 9.08. The number of hydrogen-bond acceptors (Lipinski definition) is 3. The minimum Gasteiger partial charge on any atom is -0.497 e. The van der Waals surface area contributed by atoms with Crippen molar-refractivity contribution < 1.29 is 23.3 Å². The van der Waals surface area contributed by atoms with Crippen LogP contribution in [0.15, 0.2) is 72.9 Å². The summed E-state index contributed by atoms with van der Waals surface area (Å²) in [5.74, 6) is -0.361. The third-order valence-electron chi connectivity index (χ3n) is 4.80. The van der Waals surface area contributed by atoms with Gasteiger partial charge in [-0.25, -0.2) is 4.39 Å². The Morgan fingerprint density at radius 2 is 1.83 bits per heavy atom. The predicted molar refractivity (Wildman–Crippen MR) is 105 cm³/mol. The Labute approximate surface area is 167 Å². The molecule has 2 amide bonds. The molecule has 29 heavy (non-hydrogen) atoms. The van der Waals surface area contributed by atoms with Gasteiger partial charge in [0.05, 0.1) is 7.11 Å². The predicted octanol–water partition coefficient (Wildman–Crippen LogP) is 2.85. The van der Waals surface area contributed by atoms with Gasteiger partial charge in [0, 0.05) is 23.5 Å². The summed E-state index contributed by atoms with van der Waals surface area (Å²) in [5.41, 5.74) is 1.71. The summed E-state index contributed by atoms with van der Waals surface area (Å²) in [6, 6.07) is 17.0. The van der Waals surface area contributed by atoms with Crippen molar-refractivity contribution in [2.75, 3.05) is 17.3 Å². The van der Waals surface area contributed by atoms with E-state index in [1.54, 1.807) is 48.2 Å². The second-order valence-electron chi connectivity index (χ2n) is 6.61. The Kier molecular flexibility index (Phi) is 4.95. The van der Waals surface area contributed by atoms with E-state index < -0.39 is 11.9 Å². The van der Waals surface area contributed by atoms with Gasteiger partial charge in [0.1, 0.15) is 11.6 Å². The number of ether oxygens (including phenoxy) is 1. The van der Waals surface area contributed by atoms with Crippen LogP contribution in [0.4, 0.5) is 15.8 Å². The van der Waals surface area contributed by atoms with E-state index in [-0.39, 0.29) is 18.4 Å². The first-order valence-electron chi connectivity index (χ1n) is 9.08. The summed E-state index contributed by atoms with van der Waals surface area (Å²) in [5, 5.41) is 2.86. The van der Waals surface area contributed by atoms with Gasteiger partial charge in [-0.1, -0.05) is 6.07 Å². The molecule has 0 bridgehead atoms. The molecular weight excluding hydrogens is 373 g/mol. The van der Waals surface area contributed by atoms with Gasteiger partial charge >= 0.3 is 0 Å². The van der Waals surface area contributed by atoms with Gasteiger partial charge in [0.15, 0.2) is 6.20 Å². The number of rotatable bonds is 4. The van der Waals surface area contributed by atoms with Gasteiger partial charge in [0.25, 0.3) is 11.8 Å². The molecule has 0 unspecified atom stereocenters. The van der Waals surface area contributed by atoms with Gasteiger partial charge in [-0.2, -0.15) is 4.57 Å². The minimum absolute atomic E-state index is 0.0971. The Hall–Kier alpha value is -3.74. The number of anilines is 2. The molecule has 2 heterocycles. The zero-order chi connectivity index (χ0) is 20.4. The number of fused-ring (bicyclic) bond motifs is 1. The molecule has 1 aliphatic rings. The van der Waals surface area contributed by atoms with Crippen LogP contribution in [0.5, 0.6) is 5.75 Å². The van der Waals surface area contributed by atoms with Crippen LogP contribution in [0.3, 0.4) is 0 Å². The maximum Gasteiger partial charge on any atom is 0.294 e. The van der Waals surface area contributed by atoms with E-state index in [4.69, 9.17) is 4.74 Å². The van der Waals surface area contributed by atoms with E-state index in [0.717, 1.165) is 0 Å². The molecule has 0 fully saturated rings. The summed E-state index contributed by atoms with van der Waals surface area (Å²) in [7, 11) is 1.57. The van der Waals surface area contributed by atoms with E-state index in [1.807, 2.05) is 12.1 Å². The molecular formula is C22H19FN3O3+. The van der Waals surface area contributed by atoms with Gasteiger partial charge in [-0.15, -0.1) is 0 Å². The van der Waals surface area contributed by atoms with E-state index in [0.29, 0.717) is 22.8 Å². The summed E-state index contributed by atoms with van der Waals surface area (Å²) in [6.45, 7) is 0.0971. The Balaban J connectivity index is 1.73. The Morgan fingerprint density at radius 1 is 1.10 bits per heavy atom. The molecule has 1 aromatic heterocycles. The van der Waals surface area contributed by atoms with Crippen molar-refractivity contribution >= 4 is 23.2 Å². The third kappa shape index (κ3) is 3.67. The van der Waals surface area contributed by atoms with Crippen LogP contribution in [-0.2, 0) is 16.1 Å². The number of hydrogen-bond donors (Lipinski definition) is 1. The third-order valence-corrected chi connectivity index (χ3v) is 4.80. The van der Waals surface area contributed by atoms with E-state index >= 15 is 0 Å². The van der Waals surface area contributed by atoms with Crippen molar-refractivity contribution in [3.8, 4) is 5.75 Å². The molecule has 3 aromatic rings. The number of nitrogens with one attached hydrogen (secondary N) is 1. The fourth-order valence-corrected chi connectivity index (χ4v) is 3.41. The van der Waals surface area contributed by atoms with E-state index in [1.165, 1.54) is 29.2 Å². The standard InChI is InChI=1S/C22H18FN3O3/c1-29-18-11-7-16(8-12-18)24-22(28)21-19-4-2-3-13-25(19)14-20(27)26(21)17-9-5-15(23)6-10-17/h2-13,21H,14H2,1H3/p+1/t21-/m1/s1. The number of nitrogens with zero attached hydrogens (tertiary/aromatic N) is 2. The Morgan fingerprint density at radius 3 is 2.52 bits per heavy atom. The average molecular weight is 392 g/mol. The molecule has 1 N–H and O–H groups in total. The quantitative estimate of drug-likeness (QED) is 0.695. The summed E-state index contributed by atoms with van der Waals surface area (Å²) in [6.07, 6.45) is 1.77. The van der Waals surface area contributed by atoms with Crippen LogP contribution in [0.25, 0.3) is 0 Å². The van der Waals surface area contributed by atoms with E-state index in [2.05, 4.69) is 5.32 Å². The summed E-state index contributed by atoms with van der Waals surface area (Å²) in [4.78, 5) is 27.6. The SMILES string of the molecule is COc1ccc(NC(=O)[C@H]2c3cccc[n+]3CC(=O)N2c2ccc(F)cc2)cc1. The lowest BCUT2D eigenvalue weighted by molar-refractivity contribution is -0.695. The van der Waals surface area contributed by atoms with Crippen LogP contribution in [0.2, 0.25) is 0 Å². The molecule has 4 rings (SSSR count). The summed E-state index contributed by atoms with van der Waals surface area (Å²) < 4.78 is 20.3. The molecule has 0 radical (unpaired) electrons. The van der Waals surface area contributed by atoms with Crippen molar-refractivity contribution in [2.24, 2.45) is 0 Å². The molecule has 1 atom stereocenters. The zero-order valence-electron chi connectivity index (χ0n) is 15.7. The largest absolute Gasteiger partial charge is 0.497 e. The second-order valence-corrected chi connectivity index (χ2v) is 6.61. The molecule has 0 saturated heterocycles. The molecule has 1 aliphatic heterocycles. The number of carbonyl (C=O) groups excluding carboxylic acids is 2. The lowest BCUT2D eigenvalue weighted by atomic mass is 10.0. The van der Waals surface area contributed by atoms with Crippen LogP contribution in [-0.4, -0.2) is 18.9 Å². The molecule has 6 nitrogen and oxygen atoms in total. The first kappa shape index (κ1) is 18.6. The minimum atomic E-state index is -0.898. The fourth-order valence-electron chi connectivity index (χ4n) is 3.41. The molecule has 0 aliphatic carbocycles. The van der Waals surface area contributed by atoms with Crippen molar-refractivity contribution in [1.82, 2.24) is 0 Å². The monoisotopic (exact) mass is 392 g/mol. The van der Waals surface area contributed by atoms with Crippen molar-refractivity contribution in [2.45, 2.75) is 12.6 Å². The number of methoxy groups -OCH3 is 1. The highest BCUT2D eigenvalue weighted by Crippen LogP contribution is 2.30. The molecule has 0 spiro atoms. The van der Waals surface area contributed by atoms with E-state index in [9.17, 15) is 14.0 Å². The Bertz CT molecular complexity index is 1050. The number of carbonyl (C=O) groups is 2. The van der Waals surface area contributed by atoms with Crippen LogP contribution >= 0.6 is 0 Å². The molecule has 2 aromatic carbocycles. The maximum atomic E-state index is 13.4. The van der Waals surface area contributed by atoms with Gasteiger partial charge in [-0.3, -0.25) is 14.5 Å². The highest BCUT2D eigenvalue weighted by atomic mass is 19.1. The first-order chi connectivity index (χ1) is 14.1. The van der Waals surface area contributed by atoms with Crippen molar-refractivity contribution in [1.29, 1.82) is 0 Å². The second kappa shape index (κ2) is 7.71. The molecule has 0 saturated carbocycles. The molecule has 146 valence electrons. The highest BCUT2D eigenvalue weighted by molar-refractivity contribution is 6.05. The number of pyridine rings is 1. The van der Waals surface area contributed by atoms with Crippen LogP contribution in [0, 0.1) is 5.82 Å². The zero-order valence-corrected chi connectivity index (χ0v) is 15.7. The number of benzene rings is 2. The lowest BCUT2D eigenvalue weighted by Gasteiger charge is -2.32. The maximum absolute atomic E-state index is 13.4. The fraction of sp³-hybridized carbons (Fsp3) is 0.136. The lowest BCUT2D eigenvalue weighted by Crippen LogP contribution is -2.58. The summed E-state index contributed by atoms with van der Waals surface area (Å²) >= 11 is 0.